The van der Waals surface area contributed by atoms with Crippen LogP contribution in [0.5, 0.6) is 11.5 Å². The van der Waals surface area contributed by atoms with Crippen molar-refractivity contribution in [2.45, 2.75) is 6.61 Å². The molecule has 2 aromatic carbocycles. The van der Waals surface area contributed by atoms with Crippen LogP contribution in [0.1, 0.15) is 15.9 Å². The molecule has 0 spiro atoms. The van der Waals surface area contributed by atoms with Crippen molar-refractivity contribution in [1.82, 2.24) is 9.30 Å². The van der Waals surface area contributed by atoms with E-state index in [1.165, 1.54) is 4.90 Å². The first-order chi connectivity index (χ1) is 16.3. The molecule has 2 aromatic heterocycles. The number of nitrogens with zero attached hydrogens (tertiary/aromatic N) is 2. The van der Waals surface area contributed by atoms with Crippen molar-refractivity contribution in [2.24, 2.45) is 5.73 Å². The van der Waals surface area contributed by atoms with Crippen LogP contribution in [0.3, 0.4) is 0 Å². The van der Waals surface area contributed by atoms with Crippen LogP contribution < -0.4 is 15.2 Å². The molecule has 34 heavy (non-hydrogen) atoms. The summed E-state index contributed by atoms with van der Waals surface area (Å²) in [6, 6.07) is 16.2. The van der Waals surface area contributed by atoms with E-state index in [0.29, 0.717) is 45.2 Å². The summed E-state index contributed by atoms with van der Waals surface area (Å²) in [5.74, 6) is 0.406. The lowest BCUT2D eigenvalue weighted by molar-refractivity contribution is 0.0892. The lowest BCUT2D eigenvalue weighted by Crippen LogP contribution is -2.25. The zero-order chi connectivity index (χ0) is 24.2. The van der Waals surface area contributed by atoms with Gasteiger partial charge >= 0.3 is 6.09 Å². The SMILES string of the molecule is CN(C)C(=O)Oc1cc(COCCOc2cccc(Cl)c2)c2c(C(N)=O)c3ccccc3n2c1. The summed E-state index contributed by atoms with van der Waals surface area (Å²) in [5.41, 5.74) is 8.16. The first-order valence-corrected chi connectivity index (χ1v) is 10.9. The fourth-order valence-corrected chi connectivity index (χ4v) is 3.86. The molecule has 0 unspecified atom stereocenters. The van der Waals surface area contributed by atoms with Gasteiger partial charge < -0.3 is 29.2 Å². The molecule has 0 radical (unpaired) electrons. The molecule has 0 saturated carbocycles. The number of nitrogens with two attached hydrogens (primary N) is 1. The molecule has 0 saturated heterocycles. The molecule has 2 amide bonds. The number of hydrogen-bond donors (Lipinski definition) is 1. The Balaban J connectivity index is 1.64. The number of primary amides is 1. The van der Waals surface area contributed by atoms with Crippen LogP contribution in [0.2, 0.25) is 5.02 Å². The highest BCUT2D eigenvalue weighted by molar-refractivity contribution is 6.30. The Morgan fingerprint density at radius 1 is 1.03 bits per heavy atom. The largest absolute Gasteiger partial charge is 0.491 e. The lowest BCUT2D eigenvalue weighted by Gasteiger charge is -2.14. The number of aromatic nitrogens is 1. The zero-order valence-corrected chi connectivity index (χ0v) is 19.5. The molecular formula is C25H24ClN3O5. The minimum Gasteiger partial charge on any atom is -0.491 e. The highest BCUT2D eigenvalue weighted by atomic mass is 35.5. The van der Waals surface area contributed by atoms with Gasteiger partial charge in [-0.05, 0) is 30.3 Å². The lowest BCUT2D eigenvalue weighted by atomic mass is 10.1. The van der Waals surface area contributed by atoms with Crippen LogP contribution in [0.25, 0.3) is 16.4 Å². The van der Waals surface area contributed by atoms with Crippen LogP contribution in [-0.2, 0) is 11.3 Å². The van der Waals surface area contributed by atoms with Gasteiger partial charge in [-0.3, -0.25) is 4.79 Å². The first kappa shape index (κ1) is 23.4. The number of halogens is 1. The number of carbonyl (C=O) groups is 2. The van der Waals surface area contributed by atoms with E-state index in [0.717, 1.165) is 5.52 Å². The van der Waals surface area contributed by atoms with E-state index in [1.54, 1.807) is 49.0 Å². The van der Waals surface area contributed by atoms with E-state index >= 15 is 0 Å². The molecule has 4 aromatic rings. The molecule has 0 aliphatic rings. The van der Waals surface area contributed by atoms with Gasteiger partial charge in [-0.15, -0.1) is 0 Å². The van der Waals surface area contributed by atoms with E-state index in [4.69, 9.17) is 31.5 Å². The summed E-state index contributed by atoms with van der Waals surface area (Å²) in [6.45, 7) is 0.733. The Morgan fingerprint density at radius 3 is 2.56 bits per heavy atom. The number of rotatable bonds is 8. The third-order valence-corrected chi connectivity index (χ3v) is 5.39. The molecule has 0 aliphatic carbocycles. The van der Waals surface area contributed by atoms with Crippen molar-refractivity contribution in [3.05, 3.63) is 76.9 Å². The molecule has 0 fully saturated rings. The standard InChI is InChI=1S/C25H24ClN3O5/c1-28(2)25(31)34-19-12-16(15-32-10-11-33-18-7-5-6-17(26)13-18)23-22(24(27)30)20-8-3-4-9-21(20)29(23)14-19/h3-9,12-14H,10-11,15H2,1-2H3,(H2,27,30). The smallest absolute Gasteiger partial charge is 0.414 e. The third-order valence-electron chi connectivity index (χ3n) is 5.15. The van der Waals surface area contributed by atoms with Gasteiger partial charge in [0.25, 0.3) is 5.91 Å². The maximum atomic E-state index is 12.4. The molecule has 9 heteroatoms. The van der Waals surface area contributed by atoms with Crippen molar-refractivity contribution < 1.29 is 23.8 Å². The van der Waals surface area contributed by atoms with Crippen LogP contribution in [-0.4, -0.2) is 48.6 Å². The predicted octanol–water partition coefficient (Wildman–Crippen LogP) is 4.50. The molecule has 0 aliphatic heterocycles. The van der Waals surface area contributed by atoms with Gasteiger partial charge in [0.2, 0.25) is 0 Å². The summed E-state index contributed by atoms with van der Waals surface area (Å²) in [4.78, 5) is 25.9. The molecule has 0 bridgehead atoms. The van der Waals surface area contributed by atoms with Crippen molar-refractivity contribution >= 4 is 40.0 Å². The Hall–Kier alpha value is -3.75. The van der Waals surface area contributed by atoms with Crippen LogP contribution >= 0.6 is 11.6 Å². The minimum absolute atomic E-state index is 0.145. The summed E-state index contributed by atoms with van der Waals surface area (Å²) in [7, 11) is 3.20. The zero-order valence-electron chi connectivity index (χ0n) is 18.8. The first-order valence-electron chi connectivity index (χ1n) is 10.6. The second-order valence-electron chi connectivity index (χ2n) is 7.80. The molecular weight excluding hydrogens is 458 g/mol. The molecule has 8 nitrogen and oxygen atoms in total. The molecule has 0 atom stereocenters. The monoisotopic (exact) mass is 481 g/mol. The van der Waals surface area contributed by atoms with Gasteiger partial charge in [0.05, 0.1) is 36.0 Å². The maximum absolute atomic E-state index is 12.4. The van der Waals surface area contributed by atoms with Crippen LogP contribution in [0.15, 0.2) is 60.8 Å². The summed E-state index contributed by atoms with van der Waals surface area (Å²) in [5, 5.41) is 1.29. The summed E-state index contributed by atoms with van der Waals surface area (Å²) < 4.78 is 18.8. The van der Waals surface area contributed by atoms with Crippen molar-refractivity contribution in [3.8, 4) is 11.5 Å². The van der Waals surface area contributed by atoms with Gasteiger partial charge in [-0.2, -0.15) is 0 Å². The summed E-state index contributed by atoms with van der Waals surface area (Å²) >= 11 is 5.97. The van der Waals surface area contributed by atoms with Gasteiger partial charge in [0.1, 0.15) is 18.1 Å². The normalized spacial score (nSPS) is 11.0. The van der Waals surface area contributed by atoms with Gasteiger partial charge in [-0.1, -0.05) is 35.9 Å². The number of benzene rings is 2. The fourth-order valence-electron chi connectivity index (χ4n) is 3.68. The highest BCUT2D eigenvalue weighted by Gasteiger charge is 2.21. The van der Waals surface area contributed by atoms with E-state index < -0.39 is 12.0 Å². The molecule has 4 rings (SSSR count). The van der Waals surface area contributed by atoms with Crippen LogP contribution in [0, 0.1) is 0 Å². The van der Waals surface area contributed by atoms with E-state index in [2.05, 4.69) is 0 Å². The summed E-state index contributed by atoms with van der Waals surface area (Å²) in [6.07, 6.45) is 1.14. The van der Waals surface area contributed by atoms with Gasteiger partial charge in [-0.25, -0.2) is 4.79 Å². The number of ether oxygens (including phenoxy) is 3. The topological polar surface area (TPSA) is 95.5 Å². The second-order valence-corrected chi connectivity index (χ2v) is 8.23. The number of fused-ring (bicyclic) bond motifs is 3. The Bertz CT molecular complexity index is 1370. The van der Waals surface area contributed by atoms with Gasteiger partial charge in [0.15, 0.2) is 0 Å². The number of pyridine rings is 1. The van der Waals surface area contributed by atoms with E-state index in [-0.39, 0.29) is 13.2 Å². The minimum atomic E-state index is -0.553. The van der Waals surface area contributed by atoms with Crippen molar-refractivity contribution in [2.75, 3.05) is 27.3 Å². The number of hydrogen-bond acceptors (Lipinski definition) is 5. The Kier molecular flexibility index (Phi) is 6.90. The fraction of sp³-hybridized carbons (Fsp3) is 0.200. The maximum Gasteiger partial charge on any atom is 0.414 e. The predicted molar refractivity (Wildman–Crippen MR) is 130 cm³/mol. The molecule has 176 valence electrons. The molecule has 2 N–H and O–H groups in total. The second kappa shape index (κ2) is 10.0. The quantitative estimate of drug-likeness (QED) is 0.374. The Morgan fingerprint density at radius 2 is 1.82 bits per heavy atom. The van der Waals surface area contributed by atoms with Crippen molar-refractivity contribution in [1.29, 1.82) is 0 Å². The average molecular weight is 482 g/mol. The average Bonchev–Trinajstić information content (AvgIpc) is 3.13. The van der Waals surface area contributed by atoms with E-state index in [9.17, 15) is 9.59 Å². The third kappa shape index (κ3) is 4.93. The van der Waals surface area contributed by atoms with E-state index in [1.807, 2.05) is 30.3 Å². The van der Waals surface area contributed by atoms with Crippen LogP contribution in [0.4, 0.5) is 4.79 Å². The number of para-hydroxylation sites is 1. The van der Waals surface area contributed by atoms with Gasteiger partial charge in [0, 0.05) is 30.1 Å². The number of carbonyl (C=O) groups excluding carboxylic acids is 2. The molecule has 2 heterocycles. The number of amides is 2. The van der Waals surface area contributed by atoms with Crippen molar-refractivity contribution in [3.63, 3.8) is 0 Å². The highest BCUT2D eigenvalue weighted by Crippen LogP contribution is 2.32. The Labute approximate surface area is 201 Å².